The van der Waals surface area contributed by atoms with Gasteiger partial charge in [0.1, 0.15) is 0 Å². The van der Waals surface area contributed by atoms with E-state index in [2.05, 4.69) is 11.8 Å². The standard InChI is InChI=1S/C13H28N2O/c1-2-4-13(6-7-14)5-3-8-15-9-11-16-12-10-15/h13H,2-12,14H2,1H3. The zero-order valence-electron chi connectivity index (χ0n) is 10.8. The summed E-state index contributed by atoms with van der Waals surface area (Å²) < 4.78 is 5.35. The molecule has 0 bridgehead atoms. The van der Waals surface area contributed by atoms with Crippen molar-refractivity contribution >= 4 is 0 Å². The molecule has 3 nitrogen and oxygen atoms in total. The van der Waals surface area contributed by atoms with E-state index in [9.17, 15) is 0 Å². The van der Waals surface area contributed by atoms with Gasteiger partial charge in [-0.2, -0.15) is 0 Å². The second-order valence-corrected chi connectivity index (χ2v) is 4.83. The molecule has 96 valence electrons. The molecule has 0 aliphatic carbocycles. The van der Waals surface area contributed by atoms with Gasteiger partial charge in [0.05, 0.1) is 13.2 Å². The third kappa shape index (κ3) is 5.83. The largest absolute Gasteiger partial charge is 0.379 e. The Balaban J connectivity index is 2.06. The number of nitrogens with two attached hydrogens (primary N) is 1. The van der Waals surface area contributed by atoms with Gasteiger partial charge in [0, 0.05) is 13.1 Å². The molecule has 1 aliphatic heterocycles. The van der Waals surface area contributed by atoms with Gasteiger partial charge in [-0.3, -0.25) is 4.90 Å². The van der Waals surface area contributed by atoms with Gasteiger partial charge in [0.25, 0.3) is 0 Å². The van der Waals surface area contributed by atoms with Crippen LogP contribution in [0.4, 0.5) is 0 Å². The Morgan fingerprint density at radius 3 is 2.56 bits per heavy atom. The maximum absolute atomic E-state index is 5.65. The Hall–Kier alpha value is -0.120. The van der Waals surface area contributed by atoms with Crippen LogP contribution in [0.25, 0.3) is 0 Å². The summed E-state index contributed by atoms with van der Waals surface area (Å²) in [4.78, 5) is 2.52. The lowest BCUT2D eigenvalue weighted by Crippen LogP contribution is -2.36. The van der Waals surface area contributed by atoms with Crippen molar-refractivity contribution < 1.29 is 4.74 Å². The lowest BCUT2D eigenvalue weighted by molar-refractivity contribution is 0.0366. The number of hydrogen-bond acceptors (Lipinski definition) is 3. The maximum Gasteiger partial charge on any atom is 0.0594 e. The molecule has 2 N–H and O–H groups in total. The first-order valence-electron chi connectivity index (χ1n) is 6.87. The number of ether oxygens (including phenoxy) is 1. The van der Waals surface area contributed by atoms with Crippen LogP contribution in [0.1, 0.15) is 39.0 Å². The van der Waals surface area contributed by atoms with Crippen LogP contribution in [0.5, 0.6) is 0 Å². The zero-order chi connectivity index (χ0) is 11.6. The molecule has 1 aliphatic rings. The molecule has 1 fully saturated rings. The van der Waals surface area contributed by atoms with Crippen molar-refractivity contribution in [1.29, 1.82) is 0 Å². The van der Waals surface area contributed by atoms with E-state index in [4.69, 9.17) is 10.5 Å². The van der Waals surface area contributed by atoms with E-state index in [1.165, 1.54) is 38.6 Å². The van der Waals surface area contributed by atoms with Gasteiger partial charge < -0.3 is 10.5 Å². The van der Waals surface area contributed by atoms with Gasteiger partial charge in [-0.05, 0) is 38.3 Å². The number of rotatable bonds is 8. The summed E-state index contributed by atoms with van der Waals surface area (Å²) in [6.07, 6.45) is 6.52. The van der Waals surface area contributed by atoms with Crippen LogP contribution < -0.4 is 5.73 Å². The fourth-order valence-electron chi connectivity index (χ4n) is 2.51. The van der Waals surface area contributed by atoms with Crippen LogP contribution in [-0.4, -0.2) is 44.3 Å². The first-order valence-corrected chi connectivity index (χ1v) is 6.87. The molecule has 1 unspecified atom stereocenters. The minimum absolute atomic E-state index is 0.849. The monoisotopic (exact) mass is 228 g/mol. The quantitative estimate of drug-likeness (QED) is 0.689. The molecule has 1 saturated heterocycles. The van der Waals surface area contributed by atoms with E-state index in [1.807, 2.05) is 0 Å². The van der Waals surface area contributed by atoms with Crippen molar-refractivity contribution in [2.45, 2.75) is 39.0 Å². The summed E-state index contributed by atoms with van der Waals surface area (Å²) in [5, 5.41) is 0. The highest BCUT2D eigenvalue weighted by molar-refractivity contribution is 4.65. The van der Waals surface area contributed by atoms with Gasteiger partial charge in [0.15, 0.2) is 0 Å². The minimum Gasteiger partial charge on any atom is -0.379 e. The third-order valence-corrected chi connectivity index (χ3v) is 3.46. The smallest absolute Gasteiger partial charge is 0.0594 e. The van der Waals surface area contributed by atoms with Gasteiger partial charge in [-0.1, -0.05) is 19.8 Å². The molecule has 0 spiro atoms. The summed E-state index contributed by atoms with van der Waals surface area (Å²) >= 11 is 0. The summed E-state index contributed by atoms with van der Waals surface area (Å²) in [7, 11) is 0. The highest BCUT2D eigenvalue weighted by Crippen LogP contribution is 2.17. The molecule has 0 saturated carbocycles. The fourth-order valence-corrected chi connectivity index (χ4v) is 2.51. The van der Waals surface area contributed by atoms with Crippen molar-refractivity contribution in [3.05, 3.63) is 0 Å². The normalized spacial score (nSPS) is 19.9. The Labute approximate surface area is 100 Å². The lowest BCUT2D eigenvalue weighted by Gasteiger charge is -2.27. The van der Waals surface area contributed by atoms with Gasteiger partial charge in [-0.15, -0.1) is 0 Å². The molecular formula is C13H28N2O. The van der Waals surface area contributed by atoms with Crippen molar-refractivity contribution in [2.24, 2.45) is 11.7 Å². The van der Waals surface area contributed by atoms with Crippen molar-refractivity contribution in [3.8, 4) is 0 Å². The van der Waals surface area contributed by atoms with Crippen LogP contribution in [0.15, 0.2) is 0 Å². The second kappa shape index (κ2) is 8.97. The number of nitrogens with zero attached hydrogens (tertiary/aromatic N) is 1. The number of hydrogen-bond donors (Lipinski definition) is 1. The van der Waals surface area contributed by atoms with Crippen LogP contribution >= 0.6 is 0 Å². The molecule has 0 amide bonds. The highest BCUT2D eigenvalue weighted by atomic mass is 16.5. The van der Waals surface area contributed by atoms with Crippen LogP contribution in [0.2, 0.25) is 0 Å². The summed E-state index contributed by atoms with van der Waals surface area (Å²) in [5.74, 6) is 0.857. The van der Waals surface area contributed by atoms with Gasteiger partial charge in [-0.25, -0.2) is 0 Å². The molecule has 0 aromatic heterocycles. The Kier molecular flexibility index (Phi) is 7.81. The lowest BCUT2D eigenvalue weighted by atomic mass is 9.94. The SMILES string of the molecule is CCCC(CCN)CCCN1CCOCC1. The van der Waals surface area contributed by atoms with E-state index in [0.29, 0.717) is 0 Å². The van der Waals surface area contributed by atoms with E-state index in [0.717, 1.165) is 38.8 Å². The molecule has 1 heterocycles. The highest BCUT2D eigenvalue weighted by Gasteiger charge is 2.11. The Bertz CT molecular complexity index is 152. The van der Waals surface area contributed by atoms with Crippen molar-refractivity contribution in [1.82, 2.24) is 4.90 Å². The van der Waals surface area contributed by atoms with E-state index in [1.54, 1.807) is 0 Å². The molecular weight excluding hydrogens is 200 g/mol. The van der Waals surface area contributed by atoms with E-state index in [-0.39, 0.29) is 0 Å². The predicted molar refractivity (Wildman–Crippen MR) is 68.6 cm³/mol. The zero-order valence-corrected chi connectivity index (χ0v) is 10.8. The third-order valence-electron chi connectivity index (χ3n) is 3.46. The number of morpholine rings is 1. The first-order chi connectivity index (χ1) is 7.86. The van der Waals surface area contributed by atoms with Crippen LogP contribution in [0.3, 0.4) is 0 Å². The summed E-state index contributed by atoms with van der Waals surface area (Å²) in [5.41, 5.74) is 5.65. The molecule has 16 heavy (non-hydrogen) atoms. The molecule has 0 radical (unpaired) electrons. The topological polar surface area (TPSA) is 38.5 Å². The molecule has 1 atom stereocenters. The van der Waals surface area contributed by atoms with Crippen LogP contribution in [0, 0.1) is 5.92 Å². The molecule has 0 aromatic carbocycles. The second-order valence-electron chi connectivity index (χ2n) is 4.83. The predicted octanol–water partition coefficient (Wildman–Crippen LogP) is 1.86. The summed E-state index contributed by atoms with van der Waals surface area (Å²) in [6.45, 7) is 8.44. The summed E-state index contributed by atoms with van der Waals surface area (Å²) in [6, 6.07) is 0. The molecule has 1 rings (SSSR count). The molecule has 0 aromatic rings. The Morgan fingerprint density at radius 1 is 1.19 bits per heavy atom. The maximum atomic E-state index is 5.65. The fraction of sp³-hybridized carbons (Fsp3) is 1.00. The van der Waals surface area contributed by atoms with E-state index >= 15 is 0 Å². The Morgan fingerprint density at radius 2 is 1.94 bits per heavy atom. The van der Waals surface area contributed by atoms with Crippen LogP contribution in [-0.2, 0) is 4.74 Å². The molecule has 3 heteroatoms. The average molecular weight is 228 g/mol. The van der Waals surface area contributed by atoms with E-state index < -0.39 is 0 Å². The van der Waals surface area contributed by atoms with Crippen molar-refractivity contribution in [2.75, 3.05) is 39.4 Å². The average Bonchev–Trinajstić information content (AvgIpc) is 2.31. The first kappa shape index (κ1) is 13.9. The van der Waals surface area contributed by atoms with Gasteiger partial charge in [0.2, 0.25) is 0 Å². The van der Waals surface area contributed by atoms with Gasteiger partial charge >= 0.3 is 0 Å². The minimum atomic E-state index is 0.849. The van der Waals surface area contributed by atoms with Crippen molar-refractivity contribution in [3.63, 3.8) is 0 Å².